The summed E-state index contributed by atoms with van der Waals surface area (Å²) in [7, 11) is 0. The van der Waals surface area contributed by atoms with Gasteiger partial charge in [0.15, 0.2) is 0 Å². The molecule has 0 aliphatic carbocycles. The summed E-state index contributed by atoms with van der Waals surface area (Å²) in [6, 6.07) is 7.48. The van der Waals surface area contributed by atoms with Gasteiger partial charge in [0, 0.05) is 22.3 Å². The lowest BCUT2D eigenvalue weighted by Gasteiger charge is -2.21. The number of aromatic nitrogens is 2. The number of halogens is 1. The average molecular weight is 322 g/mol. The predicted octanol–water partition coefficient (Wildman–Crippen LogP) is 4.24. The molecular formula is C14H16BrN3O. The molecule has 2 aromatic rings. The lowest BCUT2D eigenvalue weighted by atomic mass is 10.1. The van der Waals surface area contributed by atoms with E-state index in [4.69, 9.17) is 4.74 Å². The molecule has 5 heteroatoms. The van der Waals surface area contributed by atoms with Gasteiger partial charge in [-0.05, 0) is 48.8 Å². The van der Waals surface area contributed by atoms with Crippen molar-refractivity contribution in [3.8, 4) is 11.6 Å². The van der Waals surface area contributed by atoms with Gasteiger partial charge >= 0.3 is 0 Å². The third-order valence-electron chi connectivity index (χ3n) is 2.13. The minimum atomic E-state index is -0.0387. The largest absolute Gasteiger partial charge is 0.437 e. The summed E-state index contributed by atoms with van der Waals surface area (Å²) < 4.78 is 6.54. The van der Waals surface area contributed by atoms with Crippen LogP contribution in [0.15, 0.2) is 41.1 Å². The van der Waals surface area contributed by atoms with Crippen LogP contribution in [0.3, 0.4) is 0 Å². The van der Waals surface area contributed by atoms with E-state index in [0.717, 1.165) is 10.3 Å². The van der Waals surface area contributed by atoms with Gasteiger partial charge in [0.1, 0.15) is 11.6 Å². The summed E-state index contributed by atoms with van der Waals surface area (Å²) in [5, 5.41) is 3.30. The van der Waals surface area contributed by atoms with E-state index in [1.54, 1.807) is 12.4 Å². The lowest BCUT2D eigenvalue weighted by Crippen LogP contribution is -2.26. The number of anilines is 1. The van der Waals surface area contributed by atoms with Crippen LogP contribution in [0.2, 0.25) is 0 Å². The van der Waals surface area contributed by atoms with Crippen molar-refractivity contribution in [3.63, 3.8) is 0 Å². The van der Waals surface area contributed by atoms with Crippen LogP contribution in [0.4, 0.5) is 5.82 Å². The number of pyridine rings is 2. The normalized spacial score (nSPS) is 11.2. The predicted molar refractivity (Wildman–Crippen MR) is 79.6 cm³/mol. The first-order valence-corrected chi connectivity index (χ1v) is 6.75. The van der Waals surface area contributed by atoms with E-state index in [1.165, 1.54) is 0 Å². The number of hydrogen-bond donors (Lipinski definition) is 1. The van der Waals surface area contributed by atoms with E-state index < -0.39 is 0 Å². The van der Waals surface area contributed by atoms with Gasteiger partial charge in [0.25, 0.3) is 0 Å². The zero-order valence-corrected chi connectivity index (χ0v) is 12.7. The van der Waals surface area contributed by atoms with Crippen molar-refractivity contribution in [1.82, 2.24) is 9.97 Å². The Labute approximate surface area is 121 Å². The second-order valence-corrected chi connectivity index (χ2v) is 6.09. The van der Waals surface area contributed by atoms with Crippen molar-refractivity contribution >= 4 is 21.7 Å². The Morgan fingerprint density at radius 1 is 1.21 bits per heavy atom. The van der Waals surface area contributed by atoms with Gasteiger partial charge in [0.2, 0.25) is 5.88 Å². The second-order valence-electron chi connectivity index (χ2n) is 5.18. The minimum absolute atomic E-state index is 0.0387. The van der Waals surface area contributed by atoms with Crippen LogP contribution in [0.25, 0.3) is 0 Å². The van der Waals surface area contributed by atoms with Crippen molar-refractivity contribution in [1.29, 1.82) is 0 Å². The summed E-state index contributed by atoms with van der Waals surface area (Å²) in [5.74, 6) is 1.97. The molecule has 0 amide bonds. The summed E-state index contributed by atoms with van der Waals surface area (Å²) in [6.07, 6.45) is 3.36. The fourth-order valence-corrected chi connectivity index (χ4v) is 1.84. The molecule has 0 aliphatic rings. The van der Waals surface area contributed by atoms with Gasteiger partial charge in [-0.3, -0.25) is 4.98 Å². The molecule has 0 spiro atoms. The van der Waals surface area contributed by atoms with E-state index in [9.17, 15) is 0 Å². The van der Waals surface area contributed by atoms with Gasteiger partial charge in [0.05, 0.1) is 6.20 Å². The van der Waals surface area contributed by atoms with Crippen LogP contribution in [0.5, 0.6) is 11.6 Å². The van der Waals surface area contributed by atoms with Gasteiger partial charge in [-0.25, -0.2) is 0 Å². The molecule has 4 nitrogen and oxygen atoms in total. The van der Waals surface area contributed by atoms with Crippen molar-refractivity contribution in [3.05, 3.63) is 41.1 Å². The number of hydrogen-bond acceptors (Lipinski definition) is 4. The van der Waals surface area contributed by atoms with Gasteiger partial charge < -0.3 is 10.1 Å². The third-order valence-corrected chi connectivity index (χ3v) is 2.56. The molecule has 2 aromatic heterocycles. The number of rotatable bonds is 3. The molecule has 0 fully saturated rings. The van der Waals surface area contributed by atoms with E-state index in [-0.39, 0.29) is 5.54 Å². The topological polar surface area (TPSA) is 47.0 Å². The maximum Gasteiger partial charge on any atom is 0.221 e. The van der Waals surface area contributed by atoms with Crippen LogP contribution in [-0.2, 0) is 0 Å². The maximum absolute atomic E-state index is 5.67. The van der Waals surface area contributed by atoms with Crippen LogP contribution < -0.4 is 10.1 Å². The molecule has 2 heterocycles. The Kier molecular flexibility index (Phi) is 4.04. The molecule has 0 bridgehead atoms. The molecule has 0 aliphatic heterocycles. The highest BCUT2D eigenvalue weighted by molar-refractivity contribution is 9.10. The zero-order chi connectivity index (χ0) is 13.9. The molecule has 19 heavy (non-hydrogen) atoms. The molecule has 2 rings (SSSR count). The van der Waals surface area contributed by atoms with Gasteiger partial charge in [-0.15, -0.1) is 0 Å². The minimum Gasteiger partial charge on any atom is -0.437 e. The summed E-state index contributed by atoms with van der Waals surface area (Å²) >= 11 is 3.35. The Bertz CT molecular complexity index is 567. The Morgan fingerprint density at radius 3 is 2.68 bits per heavy atom. The standard InChI is InChI=1S/C14H16BrN3O/c1-14(2,3)18-12-5-4-6-13(17-12)19-11-7-10(15)8-16-9-11/h4-9H,1-3H3,(H,17,18). The van der Waals surface area contributed by atoms with Crippen molar-refractivity contribution in [2.24, 2.45) is 0 Å². The first-order chi connectivity index (χ1) is 8.92. The van der Waals surface area contributed by atoms with E-state index in [1.807, 2.05) is 24.3 Å². The average Bonchev–Trinajstić information content (AvgIpc) is 2.27. The van der Waals surface area contributed by atoms with Crippen molar-refractivity contribution in [2.45, 2.75) is 26.3 Å². The highest BCUT2D eigenvalue weighted by Gasteiger charge is 2.10. The Hall–Kier alpha value is -1.62. The first-order valence-electron chi connectivity index (χ1n) is 5.96. The Balaban J connectivity index is 2.15. The van der Waals surface area contributed by atoms with Crippen LogP contribution in [0.1, 0.15) is 20.8 Å². The fraction of sp³-hybridized carbons (Fsp3) is 0.286. The van der Waals surface area contributed by atoms with E-state index in [2.05, 4.69) is 52.0 Å². The van der Waals surface area contributed by atoms with E-state index in [0.29, 0.717) is 11.6 Å². The molecule has 0 radical (unpaired) electrons. The molecular weight excluding hydrogens is 306 g/mol. The lowest BCUT2D eigenvalue weighted by molar-refractivity contribution is 0.460. The van der Waals surface area contributed by atoms with Gasteiger partial charge in [-0.1, -0.05) is 6.07 Å². The molecule has 0 saturated carbocycles. The molecule has 0 unspecified atom stereocenters. The molecule has 1 N–H and O–H groups in total. The SMILES string of the molecule is CC(C)(C)Nc1cccc(Oc2cncc(Br)c2)n1. The quantitative estimate of drug-likeness (QED) is 0.918. The van der Waals surface area contributed by atoms with Crippen molar-refractivity contribution in [2.75, 3.05) is 5.32 Å². The maximum atomic E-state index is 5.67. The monoisotopic (exact) mass is 321 g/mol. The van der Waals surface area contributed by atoms with E-state index >= 15 is 0 Å². The molecule has 0 saturated heterocycles. The number of ether oxygens (including phenoxy) is 1. The highest BCUT2D eigenvalue weighted by Crippen LogP contribution is 2.23. The fourth-order valence-electron chi connectivity index (χ4n) is 1.49. The Morgan fingerprint density at radius 2 is 2.00 bits per heavy atom. The van der Waals surface area contributed by atoms with Crippen LogP contribution >= 0.6 is 15.9 Å². The number of nitrogens with zero attached hydrogens (tertiary/aromatic N) is 2. The van der Waals surface area contributed by atoms with Crippen molar-refractivity contribution < 1.29 is 4.74 Å². The smallest absolute Gasteiger partial charge is 0.221 e. The first kappa shape index (κ1) is 13.8. The summed E-state index contributed by atoms with van der Waals surface area (Å²) in [4.78, 5) is 8.45. The molecule has 100 valence electrons. The second kappa shape index (κ2) is 5.57. The van der Waals surface area contributed by atoms with Crippen LogP contribution in [-0.4, -0.2) is 15.5 Å². The molecule has 0 aromatic carbocycles. The highest BCUT2D eigenvalue weighted by atomic mass is 79.9. The summed E-state index contributed by atoms with van der Waals surface area (Å²) in [5.41, 5.74) is -0.0387. The zero-order valence-electron chi connectivity index (χ0n) is 11.1. The summed E-state index contributed by atoms with van der Waals surface area (Å²) in [6.45, 7) is 6.25. The van der Waals surface area contributed by atoms with Crippen LogP contribution in [0, 0.1) is 0 Å². The van der Waals surface area contributed by atoms with Gasteiger partial charge in [-0.2, -0.15) is 4.98 Å². The molecule has 0 atom stereocenters. The number of nitrogens with one attached hydrogen (secondary N) is 1. The third kappa shape index (κ3) is 4.52.